The lowest BCUT2D eigenvalue weighted by atomic mass is 10.0. The Morgan fingerprint density at radius 1 is 1.20 bits per heavy atom. The standard InChI is InChI=1S/C17H23N3/c1-12-6-7-14(11-13(12)2)17-15(8-9-18)20-10-4-3-5-16(20)19-17/h6-7,11H,3-5,8-10,18H2,1-2H3. The van der Waals surface area contributed by atoms with Gasteiger partial charge in [-0.3, -0.25) is 0 Å². The van der Waals surface area contributed by atoms with Crippen LogP contribution in [0.15, 0.2) is 18.2 Å². The Morgan fingerprint density at radius 2 is 2.05 bits per heavy atom. The van der Waals surface area contributed by atoms with Gasteiger partial charge in [0.25, 0.3) is 0 Å². The summed E-state index contributed by atoms with van der Waals surface area (Å²) in [7, 11) is 0. The smallest absolute Gasteiger partial charge is 0.109 e. The first kappa shape index (κ1) is 13.4. The van der Waals surface area contributed by atoms with Crippen LogP contribution >= 0.6 is 0 Å². The lowest BCUT2D eigenvalue weighted by Gasteiger charge is -2.16. The van der Waals surface area contributed by atoms with E-state index < -0.39 is 0 Å². The van der Waals surface area contributed by atoms with E-state index in [0.29, 0.717) is 6.54 Å². The van der Waals surface area contributed by atoms with Crippen molar-refractivity contribution >= 4 is 0 Å². The van der Waals surface area contributed by atoms with E-state index in [0.717, 1.165) is 25.1 Å². The van der Waals surface area contributed by atoms with E-state index in [1.54, 1.807) is 0 Å². The quantitative estimate of drug-likeness (QED) is 0.931. The first-order chi connectivity index (χ1) is 9.70. The number of aryl methyl sites for hydroxylation is 3. The molecule has 0 saturated heterocycles. The first-order valence-corrected chi connectivity index (χ1v) is 7.56. The molecule has 20 heavy (non-hydrogen) atoms. The van der Waals surface area contributed by atoms with Gasteiger partial charge in [0.15, 0.2) is 0 Å². The van der Waals surface area contributed by atoms with Crippen molar-refractivity contribution in [3.8, 4) is 11.3 Å². The van der Waals surface area contributed by atoms with Crippen molar-refractivity contribution in [3.05, 3.63) is 40.8 Å². The van der Waals surface area contributed by atoms with Crippen LogP contribution in [0.2, 0.25) is 0 Å². The monoisotopic (exact) mass is 269 g/mol. The number of nitrogens with zero attached hydrogens (tertiary/aromatic N) is 2. The summed E-state index contributed by atoms with van der Waals surface area (Å²) in [5, 5.41) is 0. The van der Waals surface area contributed by atoms with Gasteiger partial charge in [-0.2, -0.15) is 0 Å². The molecule has 3 nitrogen and oxygen atoms in total. The number of hydrogen-bond donors (Lipinski definition) is 1. The van der Waals surface area contributed by atoms with Crippen LogP contribution in [0.25, 0.3) is 11.3 Å². The molecular formula is C17H23N3. The molecular weight excluding hydrogens is 246 g/mol. The van der Waals surface area contributed by atoms with Gasteiger partial charge in [-0.25, -0.2) is 4.98 Å². The van der Waals surface area contributed by atoms with E-state index in [9.17, 15) is 0 Å². The van der Waals surface area contributed by atoms with Crippen LogP contribution in [0.1, 0.15) is 35.5 Å². The number of rotatable bonds is 3. The summed E-state index contributed by atoms with van der Waals surface area (Å²) in [6.45, 7) is 6.10. The molecule has 0 bridgehead atoms. The molecule has 1 aromatic heterocycles. The number of imidazole rings is 1. The van der Waals surface area contributed by atoms with E-state index in [-0.39, 0.29) is 0 Å². The highest BCUT2D eigenvalue weighted by molar-refractivity contribution is 5.64. The molecule has 0 unspecified atom stereocenters. The minimum atomic E-state index is 0.684. The Labute approximate surface area is 120 Å². The summed E-state index contributed by atoms with van der Waals surface area (Å²) in [5.74, 6) is 1.24. The highest BCUT2D eigenvalue weighted by Gasteiger charge is 2.20. The Bertz CT molecular complexity index is 625. The minimum absolute atomic E-state index is 0.684. The zero-order valence-corrected chi connectivity index (χ0v) is 12.4. The van der Waals surface area contributed by atoms with Gasteiger partial charge in [-0.05, 0) is 50.4 Å². The summed E-state index contributed by atoms with van der Waals surface area (Å²) in [5.41, 5.74) is 12.2. The molecule has 2 heterocycles. The van der Waals surface area contributed by atoms with Crippen molar-refractivity contribution in [1.29, 1.82) is 0 Å². The fourth-order valence-corrected chi connectivity index (χ4v) is 3.06. The number of benzene rings is 1. The number of nitrogens with two attached hydrogens (primary N) is 1. The summed E-state index contributed by atoms with van der Waals surface area (Å²) in [6.07, 6.45) is 4.52. The third-order valence-corrected chi connectivity index (χ3v) is 4.35. The zero-order chi connectivity index (χ0) is 14.1. The molecule has 0 fully saturated rings. The summed E-state index contributed by atoms with van der Waals surface area (Å²) < 4.78 is 2.40. The van der Waals surface area contributed by atoms with E-state index in [4.69, 9.17) is 10.7 Å². The predicted octanol–water partition coefficient (Wildman–Crippen LogP) is 3.00. The molecule has 1 aliphatic heterocycles. The average molecular weight is 269 g/mol. The Hall–Kier alpha value is -1.61. The SMILES string of the molecule is Cc1ccc(-c2nc3n(c2CCN)CCCC3)cc1C. The van der Waals surface area contributed by atoms with Gasteiger partial charge in [-0.1, -0.05) is 12.1 Å². The summed E-state index contributed by atoms with van der Waals surface area (Å²) >= 11 is 0. The topological polar surface area (TPSA) is 43.8 Å². The van der Waals surface area contributed by atoms with Crippen molar-refractivity contribution in [2.75, 3.05) is 6.54 Å². The van der Waals surface area contributed by atoms with Crippen LogP contribution in [0.4, 0.5) is 0 Å². The van der Waals surface area contributed by atoms with Gasteiger partial charge in [0, 0.05) is 30.6 Å². The van der Waals surface area contributed by atoms with E-state index >= 15 is 0 Å². The van der Waals surface area contributed by atoms with Crippen LogP contribution < -0.4 is 5.73 Å². The maximum Gasteiger partial charge on any atom is 0.109 e. The van der Waals surface area contributed by atoms with Gasteiger partial charge in [-0.15, -0.1) is 0 Å². The molecule has 0 radical (unpaired) electrons. The van der Waals surface area contributed by atoms with Gasteiger partial charge < -0.3 is 10.3 Å². The molecule has 0 spiro atoms. The van der Waals surface area contributed by atoms with E-state index in [2.05, 4.69) is 36.6 Å². The summed E-state index contributed by atoms with van der Waals surface area (Å²) in [6, 6.07) is 6.63. The molecule has 3 rings (SSSR count). The molecule has 0 atom stereocenters. The molecule has 106 valence electrons. The molecule has 0 aliphatic carbocycles. The molecule has 0 saturated carbocycles. The maximum absolute atomic E-state index is 5.81. The van der Waals surface area contributed by atoms with Gasteiger partial charge in [0.2, 0.25) is 0 Å². The molecule has 2 N–H and O–H groups in total. The second kappa shape index (κ2) is 5.41. The number of fused-ring (bicyclic) bond motifs is 1. The molecule has 1 aliphatic rings. The fourth-order valence-electron chi connectivity index (χ4n) is 3.06. The maximum atomic E-state index is 5.81. The average Bonchev–Trinajstić information content (AvgIpc) is 2.82. The highest BCUT2D eigenvalue weighted by Crippen LogP contribution is 2.29. The van der Waals surface area contributed by atoms with Crippen LogP contribution in [-0.4, -0.2) is 16.1 Å². The normalized spacial score (nSPS) is 14.3. The minimum Gasteiger partial charge on any atom is -0.331 e. The summed E-state index contributed by atoms with van der Waals surface area (Å²) in [4.78, 5) is 4.92. The van der Waals surface area contributed by atoms with Crippen molar-refractivity contribution in [3.63, 3.8) is 0 Å². The third-order valence-electron chi connectivity index (χ3n) is 4.35. The Balaban J connectivity index is 2.11. The van der Waals surface area contributed by atoms with Gasteiger partial charge in [0.1, 0.15) is 5.82 Å². The number of hydrogen-bond acceptors (Lipinski definition) is 2. The van der Waals surface area contributed by atoms with E-state index in [1.165, 1.54) is 41.1 Å². The lowest BCUT2D eigenvalue weighted by Crippen LogP contribution is -2.15. The van der Waals surface area contributed by atoms with Crippen molar-refractivity contribution in [2.24, 2.45) is 5.73 Å². The van der Waals surface area contributed by atoms with E-state index in [1.807, 2.05) is 0 Å². The van der Waals surface area contributed by atoms with Crippen LogP contribution in [0.5, 0.6) is 0 Å². The lowest BCUT2D eigenvalue weighted by molar-refractivity contribution is 0.508. The fraction of sp³-hybridized carbons (Fsp3) is 0.471. The molecule has 2 aromatic rings. The zero-order valence-electron chi connectivity index (χ0n) is 12.4. The van der Waals surface area contributed by atoms with Crippen molar-refractivity contribution in [2.45, 2.75) is 46.1 Å². The Morgan fingerprint density at radius 3 is 2.80 bits per heavy atom. The molecule has 0 amide bonds. The first-order valence-electron chi connectivity index (χ1n) is 7.56. The largest absolute Gasteiger partial charge is 0.331 e. The van der Waals surface area contributed by atoms with Crippen LogP contribution in [-0.2, 0) is 19.4 Å². The number of aromatic nitrogens is 2. The Kier molecular flexibility index (Phi) is 3.62. The van der Waals surface area contributed by atoms with Crippen LogP contribution in [0.3, 0.4) is 0 Å². The molecule has 3 heteroatoms. The molecule has 1 aromatic carbocycles. The van der Waals surface area contributed by atoms with Crippen LogP contribution in [0, 0.1) is 13.8 Å². The van der Waals surface area contributed by atoms with Crippen molar-refractivity contribution in [1.82, 2.24) is 9.55 Å². The van der Waals surface area contributed by atoms with Gasteiger partial charge >= 0.3 is 0 Å². The third kappa shape index (κ3) is 2.27. The van der Waals surface area contributed by atoms with Gasteiger partial charge in [0.05, 0.1) is 5.69 Å². The van der Waals surface area contributed by atoms with Crippen molar-refractivity contribution < 1.29 is 0 Å². The predicted molar refractivity (Wildman–Crippen MR) is 82.8 cm³/mol. The highest BCUT2D eigenvalue weighted by atomic mass is 15.1. The second-order valence-electron chi connectivity index (χ2n) is 5.77. The second-order valence-corrected chi connectivity index (χ2v) is 5.77.